The van der Waals surface area contributed by atoms with Crippen LogP contribution < -0.4 is 11.5 Å². The smallest absolute Gasteiger partial charge is 0.237 e. The topological polar surface area (TPSA) is 86.9 Å². The van der Waals surface area contributed by atoms with Crippen molar-refractivity contribution in [2.24, 2.45) is 11.5 Å². The van der Waals surface area contributed by atoms with E-state index >= 15 is 0 Å². The Morgan fingerprint density at radius 2 is 2.10 bits per heavy atom. The highest BCUT2D eigenvalue weighted by Gasteiger charge is 2.29. The van der Waals surface area contributed by atoms with Crippen LogP contribution in [-0.2, 0) is 11.2 Å². The van der Waals surface area contributed by atoms with E-state index in [0.717, 1.165) is 23.3 Å². The van der Waals surface area contributed by atoms with Gasteiger partial charge in [-0.25, -0.2) is 4.98 Å². The molecule has 0 radical (unpaired) electrons. The molecule has 108 valence electrons. The van der Waals surface area contributed by atoms with Crippen LogP contribution in [0.2, 0.25) is 0 Å². The molecule has 0 saturated carbocycles. The maximum atomic E-state index is 11.4. The van der Waals surface area contributed by atoms with Gasteiger partial charge >= 0.3 is 0 Å². The summed E-state index contributed by atoms with van der Waals surface area (Å²) in [4.78, 5) is 16.0. The van der Waals surface area contributed by atoms with Gasteiger partial charge in [-0.1, -0.05) is 19.1 Å². The van der Waals surface area contributed by atoms with Crippen molar-refractivity contribution < 1.29 is 4.79 Å². The second-order valence-electron chi connectivity index (χ2n) is 5.58. The zero-order chi connectivity index (χ0) is 14.9. The molecule has 0 saturated heterocycles. The van der Waals surface area contributed by atoms with Crippen molar-refractivity contribution in [2.45, 2.75) is 45.2 Å². The number of nitrogens with two attached hydrogens (primary N) is 2. The van der Waals surface area contributed by atoms with Crippen molar-refractivity contribution in [3.8, 4) is 0 Å². The molecule has 1 amide bonds. The van der Waals surface area contributed by atoms with Crippen molar-refractivity contribution >= 4 is 16.9 Å². The van der Waals surface area contributed by atoms with Gasteiger partial charge in [-0.2, -0.15) is 0 Å². The standard InChI is InChI=1S/C15H22N4O/c1-4-13-18-11-7-5-6-8-12(11)19(13)10(2)9-15(3,17)14(16)20/h5-8,10H,4,9,17H2,1-3H3,(H2,16,20). The van der Waals surface area contributed by atoms with E-state index in [1.54, 1.807) is 6.92 Å². The number of carbonyl (C=O) groups is 1. The summed E-state index contributed by atoms with van der Waals surface area (Å²) in [5.41, 5.74) is 12.4. The van der Waals surface area contributed by atoms with Gasteiger partial charge in [0, 0.05) is 12.5 Å². The van der Waals surface area contributed by atoms with Crippen LogP contribution in [0.1, 0.15) is 39.1 Å². The molecule has 5 nitrogen and oxygen atoms in total. The molecule has 4 N–H and O–H groups in total. The molecule has 0 spiro atoms. The summed E-state index contributed by atoms with van der Waals surface area (Å²) < 4.78 is 2.16. The molecule has 1 heterocycles. The molecule has 0 fully saturated rings. The number of hydrogen-bond donors (Lipinski definition) is 2. The summed E-state index contributed by atoms with van der Waals surface area (Å²) in [6.07, 6.45) is 1.31. The minimum absolute atomic E-state index is 0.0554. The van der Waals surface area contributed by atoms with Gasteiger partial charge in [0.15, 0.2) is 0 Å². The Labute approximate surface area is 119 Å². The van der Waals surface area contributed by atoms with E-state index in [-0.39, 0.29) is 6.04 Å². The lowest BCUT2D eigenvalue weighted by molar-refractivity contribution is -0.123. The lowest BCUT2D eigenvalue weighted by Gasteiger charge is -2.26. The van der Waals surface area contributed by atoms with Crippen LogP contribution in [0.4, 0.5) is 0 Å². The molecular formula is C15H22N4O. The quantitative estimate of drug-likeness (QED) is 0.870. The van der Waals surface area contributed by atoms with E-state index in [1.165, 1.54) is 0 Å². The summed E-state index contributed by atoms with van der Waals surface area (Å²) in [7, 11) is 0. The summed E-state index contributed by atoms with van der Waals surface area (Å²) in [5, 5.41) is 0. The first-order valence-corrected chi connectivity index (χ1v) is 6.91. The summed E-state index contributed by atoms with van der Waals surface area (Å²) >= 11 is 0. The molecule has 2 rings (SSSR count). The van der Waals surface area contributed by atoms with Crippen LogP contribution in [0.25, 0.3) is 11.0 Å². The molecule has 0 aliphatic rings. The second kappa shape index (κ2) is 5.25. The first-order valence-electron chi connectivity index (χ1n) is 6.91. The Morgan fingerprint density at radius 1 is 1.45 bits per heavy atom. The molecule has 2 aromatic rings. The second-order valence-corrected chi connectivity index (χ2v) is 5.58. The van der Waals surface area contributed by atoms with E-state index in [2.05, 4.69) is 16.5 Å². The van der Waals surface area contributed by atoms with Crippen LogP contribution in [0.5, 0.6) is 0 Å². The fourth-order valence-electron chi connectivity index (χ4n) is 2.64. The minimum atomic E-state index is -1.02. The molecule has 20 heavy (non-hydrogen) atoms. The van der Waals surface area contributed by atoms with Crippen molar-refractivity contribution in [1.82, 2.24) is 9.55 Å². The molecule has 1 aromatic heterocycles. The largest absolute Gasteiger partial charge is 0.368 e. The summed E-state index contributed by atoms with van der Waals surface area (Å²) in [5.74, 6) is 0.519. The fraction of sp³-hybridized carbons (Fsp3) is 0.467. The molecule has 0 aliphatic heterocycles. The molecule has 2 atom stereocenters. The predicted octanol–water partition coefficient (Wildman–Crippen LogP) is 1.75. The van der Waals surface area contributed by atoms with Crippen molar-refractivity contribution in [3.63, 3.8) is 0 Å². The average Bonchev–Trinajstić information content (AvgIpc) is 2.76. The third kappa shape index (κ3) is 2.54. The van der Waals surface area contributed by atoms with Gasteiger partial charge in [0.05, 0.1) is 16.6 Å². The van der Waals surface area contributed by atoms with Crippen LogP contribution >= 0.6 is 0 Å². The Morgan fingerprint density at radius 3 is 2.70 bits per heavy atom. The van der Waals surface area contributed by atoms with Gasteiger partial charge in [-0.05, 0) is 32.4 Å². The van der Waals surface area contributed by atoms with Crippen LogP contribution in [0.3, 0.4) is 0 Å². The Hall–Kier alpha value is -1.88. The maximum Gasteiger partial charge on any atom is 0.237 e. The minimum Gasteiger partial charge on any atom is -0.368 e. The maximum absolute atomic E-state index is 11.4. The van der Waals surface area contributed by atoms with Gasteiger partial charge < -0.3 is 16.0 Å². The van der Waals surface area contributed by atoms with Gasteiger partial charge in [-0.15, -0.1) is 0 Å². The molecule has 0 aliphatic carbocycles. The van der Waals surface area contributed by atoms with Gasteiger partial charge in [0.25, 0.3) is 0 Å². The molecular weight excluding hydrogens is 252 g/mol. The zero-order valence-corrected chi connectivity index (χ0v) is 12.3. The van der Waals surface area contributed by atoms with Crippen molar-refractivity contribution in [2.75, 3.05) is 0 Å². The van der Waals surface area contributed by atoms with Gasteiger partial charge in [-0.3, -0.25) is 4.79 Å². The number of carbonyl (C=O) groups excluding carboxylic acids is 1. The first kappa shape index (κ1) is 14.5. The number of imidazole rings is 1. The molecule has 0 bridgehead atoms. The van der Waals surface area contributed by atoms with Crippen molar-refractivity contribution in [1.29, 1.82) is 0 Å². The number of aromatic nitrogens is 2. The number of rotatable bonds is 5. The third-order valence-electron chi connectivity index (χ3n) is 3.71. The predicted molar refractivity (Wildman–Crippen MR) is 80.2 cm³/mol. The highest BCUT2D eigenvalue weighted by atomic mass is 16.1. The van der Waals surface area contributed by atoms with Crippen LogP contribution in [0, 0.1) is 0 Å². The number of hydrogen-bond acceptors (Lipinski definition) is 3. The average molecular weight is 274 g/mol. The molecule has 1 aromatic carbocycles. The number of para-hydroxylation sites is 2. The molecule has 2 unspecified atom stereocenters. The highest BCUT2D eigenvalue weighted by Crippen LogP contribution is 2.26. The van der Waals surface area contributed by atoms with Crippen LogP contribution in [0.15, 0.2) is 24.3 Å². The van der Waals surface area contributed by atoms with Gasteiger partial charge in [0.2, 0.25) is 5.91 Å². The van der Waals surface area contributed by atoms with E-state index < -0.39 is 11.4 Å². The number of amides is 1. The van der Waals surface area contributed by atoms with Crippen LogP contribution in [-0.4, -0.2) is 21.0 Å². The van der Waals surface area contributed by atoms with Crippen molar-refractivity contribution in [3.05, 3.63) is 30.1 Å². The van der Waals surface area contributed by atoms with E-state index in [9.17, 15) is 4.79 Å². The van der Waals surface area contributed by atoms with Gasteiger partial charge in [0.1, 0.15) is 5.82 Å². The molecule has 5 heteroatoms. The van der Waals surface area contributed by atoms with E-state index in [4.69, 9.17) is 11.5 Å². The number of nitrogens with zero attached hydrogens (tertiary/aromatic N) is 2. The number of fused-ring (bicyclic) bond motifs is 1. The Balaban J connectivity index is 2.43. The SMILES string of the molecule is CCc1nc2ccccc2n1C(C)CC(C)(N)C(N)=O. The Kier molecular flexibility index (Phi) is 3.81. The highest BCUT2D eigenvalue weighted by molar-refractivity contribution is 5.84. The van der Waals surface area contributed by atoms with E-state index in [0.29, 0.717) is 6.42 Å². The lowest BCUT2D eigenvalue weighted by atomic mass is 9.94. The normalized spacial score (nSPS) is 16.0. The summed E-state index contributed by atoms with van der Waals surface area (Å²) in [6, 6.07) is 8.05. The number of primary amides is 1. The first-order chi connectivity index (χ1) is 9.36. The number of aryl methyl sites for hydroxylation is 1. The number of benzene rings is 1. The fourth-order valence-corrected chi connectivity index (χ4v) is 2.64. The zero-order valence-electron chi connectivity index (χ0n) is 12.3. The summed E-state index contributed by atoms with van der Waals surface area (Å²) in [6.45, 7) is 5.79. The third-order valence-corrected chi connectivity index (χ3v) is 3.71. The lowest BCUT2D eigenvalue weighted by Crippen LogP contribution is -2.50. The Bertz CT molecular complexity index is 630. The monoisotopic (exact) mass is 274 g/mol. The van der Waals surface area contributed by atoms with E-state index in [1.807, 2.05) is 31.2 Å².